The molecule has 1 aromatic rings. The van der Waals surface area contributed by atoms with Crippen molar-refractivity contribution < 1.29 is 4.39 Å². The molecular weight excluding hydrogens is 303 g/mol. The Balaban J connectivity index is 2.31. The topological polar surface area (TPSA) is 31.2 Å². The van der Waals surface area contributed by atoms with Crippen molar-refractivity contribution in [1.29, 1.82) is 0 Å². The molecule has 0 amide bonds. The Morgan fingerprint density at radius 1 is 1.17 bits per heavy atom. The maximum Gasteiger partial charge on any atom is 0.173 e. The van der Waals surface area contributed by atoms with Crippen molar-refractivity contribution in [2.45, 2.75) is 52.0 Å². The number of hydrogen-bond acceptors (Lipinski definition) is 2. The van der Waals surface area contributed by atoms with Gasteiger partial charge in [-0.2, -0.15) is 0 Å². The van der Waals surface area contributed by atoms with Gasteiger partial charge in [0.1, 0.15) is 11.8 Å². The van der Waals surface area contributed by atoms with E-state index >= 15 is 4.39 Å². The van der Waals surface area contributed by atoms with Crippen LogP contribution in [0.3, 0.4) is 0 Å². The predicted octanol–water partition coefficient (Wildman–Crippen LogP) is 3.82. The Morgan fingerprint density at radius 3 is 2.33 bits per heavy atom. The fraction of sp³-hybridized carbons (Fsp3) is 0.579. The Morgan fingerprint density at radius 2 is 1.79 bits per heavy atom. The summed E-state index contributed by atoms with van der Waals surface area (Å²) in [7, 11) is 3.57. The summed E-state index contributed by atoms with van der Waals surface area (Å²) in [4.78, 5) is 13.4. The molecule has 130 valence electrons. The van der Waals surface area contributed by atoms with Gasteiger partial charge in [-0.05, 0) is 33.3 Å². The highest BCUT2D eigenvalue weighted by Crippen LogP contribution is 2.51. The second kappa shape index (κ2) is 5.87. The first kappa shape index (κ1) is 16.9. The van der Waals surface area contributed by atoms with Gasteiger partial charge >= 0.3 is 0 Å². The van der Waals surface area contributed by atoms with Crippen molar-refractivity contribution in [2.24, 2.45) is 15.9 Å². The van der Waals surface area contributed by atoms with Crippen LogP contribution in [0.1, 0.15) is 39.7 Å². The SMILES string of the molecule is CCC1C2N(C(=NC)C(=NC)N2C(C)C)c2ccccc2C1(C)F. The van der Waals surface area contributed by atoms with Crippen molar-refractivity contribution in [3.8, 4) is 0 Å². The molecule has 2 aliphatic rings. The minimum Gasteiger partial charge on any atom is -0.330 e. The monoisotopic (exact) mass is 330 g/mol. The van der Waals surface area contributed by atoms with Crippen LogP contribution in [0.25, 0.3) is 0 Å². The smallest absolute Gasteiger partial charge is 0.173 e. The molecule has 0 aromatic heterocycles. The lowest BCUT2D eigenvalue weighted by atomic mass is 9.76. The maximum atomic E-state index is 15.9. The molecule has 0 radical (unpaired) electrons. The molecule has 0 N–H and O–H groups in total. The first-order valence-electron chi connectivity index (χ1n) is 8.70. The van der Waals surface area contributed by atoms with Crippen molar-refractivity contribution >= 4 is 17.4 Å². The summed E-state index contributed by atoms with van der Waals surface area (Å²) in [6.07, 6.45) is 0.650. The number of nitrogens with zero attached hydrogens (tertiary/aromatic N) is 4. The highest BCUT2D eigenvalue weighted by atomic mass is 19.1. The van der Waals surface area contributed by atoms with Gasteiger partial charge in [0.2, 0.25) is 0 Å². The quantitative estimate of drug-likeness (QED) is 0.825. The summed E-state index contributed by atoms with van der Waals surface area (Å²) in [5, 5.41) is 0. The van der Waals surface area contributed by atoms with Crippen LogP contribution in [0.4, 0.5) is 10.1 Å². The molecule has 0 spiro atoms. The molecule has 3 unspecified atom stereocenters. The Hall–Kier alpha value is -1.91. The van der Waals surface area contributed by atoms with E-state index in [0.717, 1.165) is 29.3 Å². The molecule has 2 heterocycles. The van der Waals surface area contributed by atoms with Gasteiger partial charge in [-0.1, -0.05) is 25.1 Å². The number of amidine groups is 2. The van der Waals surface area contributed by atoms with Gasteiger partial charge in [0.05, 0.1) is 5.69 Å². The van der Waals surface area contributed by atoms with Crippen LogP contribution in [0.15, 0.2) is 34.3 Å². The minimum atomic E-state index is -1.39. The summed E-state index contributed by atoms with van der Waals surface area (Å²) in [5.41, 5.74) is 0.263. The van der Waals surface area contributed by atoms with E-state index in [1.54, 1.807) is 21.0 Å². The highest BCUT2D eigenvalue weighted by molar-refractivity contribution is 6.47. The van der Waals surface area contributed by atoms with E-state index in [0.29, 0.717) is 0 Å². The third-order valence-electron chi connectivity index (χ3n) is 5.39. The van der Waals surface area contributed by atoms with Crippen molar-refractivity contribution in [1.82, 2.24) is 4.90 Å². The molecule has 5 heteroatoms. The molecule has 24 heavy (non-hydrogen) atoms. The molecular formula is C19H27FN4. The number of benzene rings is 1. The van der Waals surface area contributed by atoms with Gasteiger partial charge in [0.25, 0.3) is 0 Å². The van der Waals surface area contributed by atoms with Crippen molar-refractivity contribution in [3.63, 3.8) is 0 Å². The number of para-hydroxylation sites is 1. The zero-order valence-corrected chi connectivity index (χ0v) is 15.4. The molecule has 3 rings (SSSR count). The first-order valence-corrected chi connectivity index (χ1v) is 8.70. The van der Waals surface area contributed by atoms with E-state index in [1.807, 2.05) is 24.3 Å². The molecule has 3 atom stereocenters. The normalized spacial score (nSPS) is 32.7. The van der Waals surface area contributed by atoms with E-state index in [9.17, 15) is 0 Å². The van der Waals surface area contributed by atoms with Crippen molar-refractivity contribution in [3.05, 3.63) is 29.8 Å². The molecule has 0 aliphatic carbocycles. The summed E-state index contributed by atoms with van der Waals surface area (Å²) >= 11 is 0. The second-order valence-electron chi connectivity index (χ2n) is 6.99. The first-order chi connectivity index (χ1) is 11.4. The Bertz CT molecular complexity index is 692. The molecule has 4 nitrogen and oxygen atoms in total. The van der Waals surface area contributed by atoms with E-state index in [4.69, 9.17) is 0 Å². The largest absolute Gasteiger partial charge is 0.330 e. The van der Waals surface area contributed by atoms with Gasteiger partial charge in [0, 0.05) is 31.6 Å². The van der Waals surface area contributed by atoms with Gasteiger partial charge in [0.15, 0.2) is 11.7 Å². The predicted molar refractivity (Wildman–Crippen MR) is 98.6 cm³/mol. The summed E-state index contributed by atoms with van der Waals surface area (Å²) in [6, 6.07) is 7.99. The Labute approximate surface area is 144 Å². The number of hydrogen-bond donors (Lipinski definition) is 0. The average Bonchev–Trinajstić information content (AvgIpc) is 2.89. The lowest BCUT2D eigenvalue weighted by molar-refractivity contribution is 0.0329. The number of alkyl halides is 1. The van der Waals surface area contributed by atoms with Crippen LogP contribution < -0.4 is 4.90 Å². The standard InChI is InChI=1S/C19H27FN4/c1-7-13-18-23(12(2)3)16(21-5)17(22-6)24(18)15-11-9-8-10-14(15)19(13,4)20/h8-13,18H,7H2,1-6H3. The number of rotatable bonds is 2. The van der Waals surface area contributed by atoms with Gasteiger partial charge in [-0.3, -0.25) is 9.98 Å². The molecule has 1 fully saturated rings. The number of halogens is 1. The molecule has 0 saturated carbocycles. The average molecular weight is 330 g/mol. The van der Waals surface area contributed by atoms with E-state index in [-0.39, 0.29) is 18.1 Å². The van der Waals surface area contributed by atoms with Crippen LogP contribution in [0, 0.1) is 5.92 Å². The molecule has 1 saturated heterocycles. The van der Waals surface area contributed by atoms with E-state index in [2.05, 4.69) is 40.6 Å². The zero-order chi connectivity index (χ0) is 17.6. The maximum absolute atomic E-state index is 15.9. The lowest BCUT2D eigenvalue weighted by Gasteiger charge is -2.48. The fourth-order valence-electron chi connectivity index (χ4n) is 4.37. The number of fused-ring (bicyclic) bond motifs is 3. The number of anilines is 1. The Kier molecular flexibility index (Phi) is 4.14. The summed E-state index contributed by atoms with van der Waals surface area (Å²) in [6.45, 7) is 8.05. The molecule has 2 aliphatic heterocycles. The summed E-state index contributed by atoms with van der Waals surface area (Å²) in [5.74, 6) is 1.52. The second-order valence-corrected chi connectivity index (χ2v) is 6.99. The summed E-state index contributed by atoms with van der Waals surface area (Å²) < 4.78 is 15.9. The van der Waals surface area contributed by atoms with Gasteiger partial charge in [-0.25, -0.2) is 4.39 Å². The van der Waals surface area contributed by atoms with Crippen molar-refractivity contribution in [2.75, 3.05) is 19.0 Å². The van der Waals surface area contributed by atoms with E-state index in [1.165, 1.54) is 0 Å². The van der Waals surface area contributed by atoms with Crippen LogP contribution in [-0.4, -0.2) is 42.9 Å². The van der Waals surface area contributed by atoms with Crippen LogP contribution in [0.5, 0.6) is 0 Å². The molecule has 0 bridgehead atoms. The third-order valence-corrected chi connectivity index (χ3v) is 5.39. The minimum absolute atomic E-state index is 0.0997. The van der Waals surface area contributed by atoms with Crippen LogP contribution >= 0.6 is 0 Å². The third kappa shape index (κ3) is 2.10. The zero-order valence-electron chi connectivity index (χ0n) is 15.4. The number of aliphatic imine (C=N–C) groups is 2. The van der Waals surface area contributed by atoms with Crippen LogP contribution in [-0.2, 0) is 5.67 Å². The lowest BCUT2D eigenvalue weighted by Crippen LogP contribution is -2.56. The van der Waals surface area contributed by atoms with Gasteiger partial charge < -0.3 is 9.80 Å². The highest BCUT2D eigenvalue weighted by Gasteiger charge is 2.56. The van der Waals surface area contributed by atoms with E-state index < -0.39 is 5.67 Å². The van der Waals surface area contributed by atoms with Crippen LogP contribution in [0.2, 0.25) is 0 Å². The van der Waals surface area contributed by atoms with Gasteiger partial charge in [-0.15, -0.1) is 0 Å². The fourth-order valence-corrected chi connectivity index (χ4v) is 4.37. The molecule has 1 aromatic carbocycles.